The van der Waals surface area contributed by atoms with E-state index in [0.29, 0.717) is 11.5 Å². The van der Waals surface area contributed by atoms with Gasteiger partial charge in [-0.15, -0.1) is 0 Å². The maximum Gasteiger partial charge on any atom is 0.222 e. The highest BCUT2D eigenvalue weighted by Crippen LogP contribution is 2.24. The normalized spacial score (nSPS) is 10.4. The molecule has 0 fully saturated rings. The highest BCUT2D eigenvalue weighted by molar-refractivity contribution is 9.10. The van der Waals surface area contributed by atoms with Crippen LogP contribution in [-0.4, -0.2) is 5.16 Å². The molecule has 0 bridgehead atoms. The Hall–Kier alpha value is -1.23. The number of nitrogens with two attached hydrogens (primary N) is 1. The number of halogens is 1. The van der Waals surface area contributed by atoms with Crippen LogP contribution in [0, 0.1) is 0 Å². The van der Waals surface area contributed by atoms with Gasteiger partial charge in [-0.3, -0.25) is 0 Å². The Bertz CT molecular complexity index is 355. The van der Waals surface area contributed by atoms with Crippen molar-refractivity contribution in [2.24, 2.45) is 0 Å². The molecule has 0 amide bonds. The first-order valence-corrected chi connectivity index (χ1v) is 4.01. The minimum atomic E-state index is 0.275. The van der Waals surface area contributed by atoms with E-state index < -0.39 is 0 Å². The fourth-order valence-electron chi connectivity index (χ4n) is 0.853. The number of nitrogens with zero attached hydrogens (tertiary/aromatic N) is 1. The van der Waals surface area contributed by atoms with Crippen molar-refractivity contribution in [2.45, 2.75) is 0 Å². The van der Waals surface area contributed by atoms with E-state index in [1.165, 1.54) is 0 Å². The molecule has 0 saturated heterocycles. The molecule has 0 atom stereocenters. The number of rotatable bonds is 1. The van der Waals surface area contributed by atoms with Gasteiger partial charge in [0, 0.05) is 12.1 Å². The van der Waals surface area contributed by atoms with E-state index in [1.54, 1.807) is 18.4 Å². The fraction of sp³-hybridized carbons (Fsp3) is 0. The number of nitrogen functional groups attached to an aromatic ring is 1. The van der Waals surface area contributed by atoms with E-state index in [-0.39, 0.29) is 5.88 Å². The van der Waals surface area contributed by atoms with Crippen LogP contribution in [0.25, 0.3) is 11.5 Å². The van der Waals surface area contributed by atoms with Gasteiger partial charge in [0.2, 0.25) is 5.88 Å². The first-order chi connectivity index (χ1) is 5.75. The van der Waals surface area contributed by atoms with Gasteiger partial charge in [0.05, 0.1) is 4.47 Å². The smallest absolute Gasteiger partial charge is 0.222 e. The number of hydrogen-bond donors (Lipinski definition) is 1. The molecule has 0 spiro atoms. The molecule has 4 nitrogen and oxygen atoms in total. The summed E-state index contributed by atoms with van der Waals surface area (Å²) in [6.07, 6.45) is 1.57. The molecular weight excluding hydrogens is 224 g/mol. The summed E-state index contributed by atoms with van der Waals surface area (Å²) in [5, 5.41) is 3.68. The summed E-state index contributed by atoms with van der Waals surface area (Å²) in [5.41, 5.74) is 5.94. The SMILES string of the molecule is Nc1cc(-c2cc(Br)co2)no1. The summed E-state index contributed by atoms with van der Waals surface area (Å²) in [6.45, 7) is 0. The Labute approximate surface area is 76.5 Å². The molecule has 2 rings (SSSR count). The third-order valence-electron chi connectivity index (χ3n) is 1.35. The molecule has 0 unspecified atom stereocenters. The van der Waals surface area contributed by atoms with Gasteiger partial charge in [-0.25, -0.2) is 0 Å². The van der Waals surface area contributed by atoms with Crippen LogP contribution in [0.15, 0.2) is 31.8 Å². The van der Waals surface area contributed by atoms with Crippen molar-refractivity contribution in [3.63, 3.8) is 0 Å². The molecule has 5 heteroatoms. The molecule has 0 aliphatic heterocycles. The number of aromatic nitrogens is 1. The molecule has 62 valence electrons. The summed E-state index contributed by atoms with van der Waals surface area (Å²) in [7, 11) is 0. The average Bonchev–Trinajstić information content (AvgIpc) is 2.58. The molecule has 0 aliphatic rings. The van der Waals surface area contributed by atoms with Crippen LogP contribution in [0.4, 0.5) is 5.88 Å². The highest BCUT2D eigenvalue weighted by atomic mass is 79.9. The third-order valence-corrected chi connectivity index (χ3v) is 1.76. The second kappa shape index (κ2) is 2.67. The van der Waals surface area contributed by atoms with Crippen molar-refractivity contribution in [1.82, 2.24) is 5.16 Å². The average molecular weight is 229 g/mol. The largest absolute Gasteiger partial charge is 0.461 e. The van der Waals surface area contributed by atoms with Crippen molar-refractivity contribution in [2.75, 3.05) is 5.73 Å². The highest BCUT2D eigenvalue weighted by Gasteiger charge is 2.07. The number of furan rings is 1. The van der Waals surface area contributed by atoms with Crippen LogP contribution >= 0.6 is 15.9 Å². The Morgan fingerprint density at radius 1 is 1.42 bits per heavy atom. The molecule has 0 aromatic carbocycles. The van der Waals surface area contributed by atoms with Gasteiger partial charge in [0.15, 0.2) is 11.5 Å². The summed E-state index contributed by atoms with van der Waals surface area (Å²) in [5.74, 6) is 0.903. The Morgan fingerprint density at radius 2 is 2.25 bits per heavy atom. The molecule has 0 aliphatic carbocycles. The van der Waals surface area contributed by atoms with Gasteiger partial charge >= 0.3 is 0 Å². The van der Waals surface area contributed by atoms with E-state index in [1.807, 2.05) is 0 Å². The van der Waals surface area contributed by atoms with Crippen molar-refractivity contribution in [1.29, 1.82) is 0 Å². The maximum atomic E-state index is 5.34. The van der Waals surface area contributed by atoms with Crippen molar-refractivity contribution < 1.29 is 8.94 Å². The molecule has 2 N–H and O–H groups in total. The Kier molecular flexibility index (Phi) is 1.65. The zero-order valence-electron chi connectivity index (χ0n) is 5.95. The first-order valence-electron chi connectivity index (χ1n) is 3.22. The van der Waals surface area contributed by atoms with E-state index in [9.17, 15) is 0 Å². The minimum absolute atomic E-state index is 0.275. The van der Waals surface area contributed by atoms with E-state index in [2.05, 4.69) is 25.6 Å². The monoisotopic (exact) mass is 228 g/mol. The molecule has 12 heavy (non-hydrogen) atoms. The second-order valence-corrected chi connectivity index (χ2v) is 3.16. The van der Waals surface area contributed by atoms with Crippen LogP contribution in [0.1, 0.15) is 0 Å². The van der Waals surface area contributed by atoms with Crippen LogP contribution < -0.4 is 5.73 Å². The van der Waals surface area contributed by atoms with Gasteiger partial charge in [-0.2, -0.15) is 0 Å². The standard InChI is InChI=1S/C7H5BrN2O2/c8-4-1-6(11-3-4)5-2-7(9)12-10-5/h1-3H,9H2. The fourth-order valence-corrected chi connectivity index (χ4v) is 1.15. The van der Waals surface area contributed by atoms with Crippen LogP contribution in [0.5, 0.6) is 0 Å². The first kappa shape index (κ1) is 7.42. The van der Waals surface area contributed by atoms with Gasteiger partial charge in [0.1, 0.15) is 6.26 Å². The van der Waals surface area contributed by atoms with Crippen LogP contribution in [-0.2, 0) is 0 Å². The van der Waals surface area contributed by atoms with Gasteiger partial charge in [0.25, 0.3) is 0 Å². The molecule has 0 saturated carbocycles. The van der Waals surface area contributed by atoms with E-state index in [4.69, 9.17) is 10.2 Å². The summed E-state index contributed by atoms with van der Waals surface area (Å²) < 4.78 is 10.7. The van der Waals surface area contributed by atoms with E-state index in [0.717, 1.165) is 4.47 Å². The summed E-state index contributed by atoms with van der Waals surface area (Å²) >= 11 is 3.25. The van der Waals surface area contributed by atoms with Gasteiger partial charge in [-0.1, -0.05) is 5.16 Å². The molecule has 2 aromatic rings. The lowest BCUT2D eigenvalue weighted by molar-refractivity contribution is 0.435. The Balaban J connectivity index is 2.43. The number of anilines is 1. The van der Waals surface area contributed by atoms with Crippen molar-refractivity contribution in [3.05, 3.63) is 22.9 Å². The zero-order valence-corrected chi connectivity index (χ0v) is 7.54. The third kappa shape index (κ3) is 1.23. The molecule has 2 aromatic heterocycles. The van der Waals surface area contributed by atoms with Crippen molar-refractivity contribution >= 4 is 21.8 Å². The Morgan fingerprint density at radius 3 is 2.75 bits per heavy atom. The topological polar surface area (TPSA) is 65.2 Å². The van der Waals surface area contributed by atoms with Crippen LogP contribution in [0.2, 0.25) is 0 Å². The maximum absolute atomic E-state index is 5.34. The van der Waals surface area contributed by atoms with E-state index >= 15 is 0 Å². The van der Waals surface area contributed by atoms with Crippen LogP contribution in [0.3, 0.4) is 0 Å². The van der Waals surface area contributed by atoms with Crippen molar-refractivity contribution in [3.8, 4) is 11.5 Å². The second-order valence-electron chi connectivity index (χ2n) is 2.24. The number of hydrogen-bond acceptors (Lipinski definition) is 4. The lowest BCUT2D eigenvalue weighted by Crippen LogP contribution is -1.75. The van der Waals surface area contributed by atoms with Gasteiger partial charge in [-0.05, 0) is 15.9 Å². The quantitative estimate of drug-likeness (QED) is 0.814. The molecule has 2 heterocycles. The predicted molar refractivity (Wildman–Crippen MR) is 46.3 cm³/mol. The molecule has 0 radical (unpaired) electrons. The summed E-state index contributed by atoms with van der Waals surface area (Å²) in [6, 6.07) is 3.39. The molecular formula is C7H5BrN2O2. The summed E-state index contributed by atoms with van der Waals surface area (Å²) in [4.78, 5) is 0. The predicted octanol–water partition coefficient (Wildman–Crippen LogP) is 2.28. The zero-order chi connectivity index (χ0) is 8.55. The lowest BCUT2D eigenvalue weighted by atomic mass is 10.3. The van der Waals surface area contributed by atoms with Gasteiger partial charge < -0.3 is 14.7 Å². The minimum Gasteiger partial charge on any atom is -0.461 e. The lowest BCUT2D eigenvalue weighted by Gasteiger charge is -1.82.